The van der Waals surface area contributed by atoms with Gasteiger partial charge in [-0.05, 0) is 30.7 Å². The van der Waals surface area contributed by atoms with E-state index in [4.69, 9.17) is 4.42 Å². The second-order valence-electron chi connectivity index (χ2n) is 4.29. The topological polar surface area (TPSA) is 33.5 Å². The van der Waals surface area contributed by atoms with Crippen LogP contribution >= 0.6 is 0 Å². The highest BCUT2D eigenvalue weighted by molar-refractivity contribution is 5.92. The summed E-state index contributed by atoms with van der Waals surface area (Å²) in [6, 6.07) is 9.58. The van der Waals surface area contributed by atoms with Gasteiger partial charge < -0.3 is 9.32 Å². The Kier molecular flexibility index (Phi) is 2.63. The minimum atomic E-state index is -0.352. The first-order valence-electron chi connectivity index (χ1n) is 5.90. The normalized spacial score (nSPS) is 14.4. The molecule has 2 aromatic rings. The Morgan fingerprint density at radius 3 is 2.61 bits per heavy atom. The molecule has 1 aliphatic heterocycles. The largest absolute Gasteiger partial charge is 0.451 e. The van der Waals surface area contributed by atoms with Crippen LogP contribution < -0.4 is 0 Å². The number of benzene rings is 1. The molecule has 1 fully saturated rings. The van der Waals surface area contributed by atoms with Gasteiger partial charge in [0.1, 0.15) is 11.6 Å². The molecule has 0 unspecified atom stereocenters. The molecular formula is C14H12FNO2. The van der Waals surface area contributed by atoms with Crippen molar-refractivity contribution in [1.82, 2.24) is 4.90 Å². The highest BCUT2D eigenvalue weighted by Gasteiger charge is 2.24. The number of carbonyl (C=O) groups excluding carboxylic acids is 1. The predicted octanol–water partition coefficient (Wildman–Crippen LogP) is 2.93. The van der Waals surface area contributed by atoms with Crippen LogP contribution in [0, 0.1) is 5.82 Å². The van der Waals surface area contributed by atoms with Crippen molar-refractivity contribution < 1.29 is 13.6 Å². The maximum Gasteiger partial charge on any atom is 0.289 e. The second kappa shape index (κ2) is 4.29. The SMILES string of the molecule is O=C(c1ccc(-c2ccccc2F)o1)N1CCC1. The van der Waals surface area contributed by atoms with Crippen LogP contribution in [0.2, 0.25) is 0 Å². The molecule has 0 N–H and O–H groups in total. The van der Waals surface area contributed by atoms with Crippen molar-refractivity contribution in [3.05, 3.63) is 48.0 Å². The summed E-state index contributed by atoms with van der Waals surface area (Å²) in [6.45, 7) is 1.54. The molecule has 0 atom stereocenters. The third-order valence-corrected chi connectivity index (χ3v) is 3.10. The average Bonchev–Trinajstić information content (AvgIpc) is 2.76. The van der Waals surface area contributed by atoms with Gasteiger partial charge in [0.05, 0.1) is 5.56 Å². The lowest BCUT2D eigenvalue weighted by atomic mass is 10.1. The molecule has 0 aliphatic carbocycles. The van der Waals surface area contributed by atoms with E-state index in [2.05, 4.69) is 0 Å². The van der Waals surface area contributed by atoms with E-state index < -0.39 is 0 Å². The summed E-state index contributed by atoms with van der Waals surface area (Å²) in [4.78, 5) is 13.6. The fraction of sp³-hybridized carbons (Fsp3) is 0.214. The molecule has 18 heavy (non-hydrogen) atoms. The van der Waals surface area contributed by atoms with Crippen molar-refractivity contribution >= 4 is 5.91 Å². The lowest BCUT2D eigenvalue weighted by Gasteiger charge is -2.29. The highest BCUT2D eigenvalue weighted by atomic mass is 19.1. The first-order chi connectivity index (χ1) is 8.75. The lowest BCUT2D eigenvalue weighted by molar-refractivity contribution is 0.0620. The molecule has 0 saturated carbocycles. The minimum absolute atomic E-state index is 0.121. The van der Waals surface area contributed by atoms with Gasteiger partial charge >= 0.3 is 0 Å². The molecule has 1 aromatic heterocycles. The third-order valence-electron chi connectivity index (χ3n) is 3.10. The molecule has 3 nitrogen and oxygen atoms in total. The Morgan fingerprint density at radius 1 is 1.17 bits per heavy atom. The Balaban J connectivity index is 1.89. The highest BCUT2D eigenvalue weighted by Crippen LogP contribution is 2.25. The van der Waals surface area contributed by atoms with E-state index in [0.717, 1.165) is 19.5 Å². The zero-order valence-corrected chi connectivity index (χ0v) is 9.73. The van der Waals surface area contributed by atoms with E-state index in [1.54, 1.807) is 35.2 Å². The smallest absolute Gasteiger partial charge is 0.289 e. The average molecular weight is 245 g/mol. The van der Waals surface area contributed by atoms with Gasteiger partial charge in [-0.15, -0.1) is 0 Å². The number of rotatable bonds is 2. The van der Waals surface area contributed by atoms with Crippen LogP contribution in [0.15, 0.2) is 40.8 Å². The van der Waals surface area contributed by atoms with Crippen LogP contribution in [0.25, 0.3) is 11.3 Å². The van der Waals surface area contributed by atoms with Crippen LogP contribution in [-0.4, -0.2) is 23.9 Å². The summed E-state index contributed by atoms with van der Waals surface area (Å²) < 4.78 is 19.0. The molecule has 0 radical (unpaired) electrons. The summed E-state index contributed by atoms with van der Waals surface area (Å²) in [5, 5.41) is 0. The fourth-order valence-electron chi connectivity index (χ4n) is 1.93. The zero-order chi connectivity index (χ0) is 12.5. The molecule has 1 aromatic carbocycles. The number of nitrogens with zero attached hydrogens (tertiary/aromatic N) is 1. The standard InChI is InChI=1S/C14H12FNO2/c15-11-5-2-1-4-10(11)12-6-7-13(18-12)14(17)16-8-3-9-16/h1-2,4-7H,3,8-9H2. The second-order valence-corrected chi connectivity index (χ2v) is 4.29. The summed E-state index contributed by atoms with van der Waals surface area (Å²) in [5.41, 5.74) is 0.375. The molecule has 0 bridgehead atoms. The summed E-state index contributed by atoms with van der Waals surface area (Å²) in [7, 11) is 0. The van der Waals surface area contributed by atoms with Gasteiger partial charge in [-0.25, -0.2) is 4.39 Å². The Hall–Kier alpha value is -2.10. The van der Waals surface area contributed by atoms with Gasteiger partial charge in [0.2, 0.25) is 0 Å². The number of furan rings is 1. The van der Waals surface area contributed by atoms with Crippen LogP contribution in [0.5, 0.6) is 0 Å². The number of hydrogen-bond donors (Lipinski definition) is 0. The number of hydrogen-bond acceptors (Lipinski definition) is 2. The van der Waals surface area contributed by atoms with E-state index in [0.29, 0.717) is 11.3 Å². The molecule has 1 aliphatic rings. The van der Waals surface area contributed by atoms with E-state index in [1.807, 2.05) is 0 Å². The molecule has 1 saturated heterocycles. The minimum Gasteiger partial charge on any atom is -0.451 e. The van der Waals surface area contributed by atoms with E-state index in [9.17, 15) is 9.18 Å². The molecule has 3 rings (SSSR count). The zero-order valence-electron chi connectivity index (χ0n) is 9.73. The first-order valence-corrected chi connectivity index (χ1v) is 5.90. The Labute approximate surface area is 104 Å². The number of amides is 1. The van der Waals surface area contributed by atoms with Gasteiger partial charge in [0.15, 0.2) is 5.76 Å². The van der Waals surface area contributed by atoms with Gasteiger partial charge in [0.25, 0.3) is 5.91 Å². The van der Waals surface area contributed by atoms with E-state index >= 15 is 0 Å². The van der Waals surface area contributed by atoms with Gasteiger partial charge in [-0.1, -0.05) is 12.1 Å². The van der Waals surface area contributed by atoms with Crippen molar-refractivity contribution in [1.29, 1.82) is 0 Å². The number of likely N-dealkylation sites (tertiary alicyclic amines) is 1. The molecule has 1 amide bonds. The predicted molar refractivity (Wildman–Crippen MR) is 64.6 cm³/mol. The van der Waals surface area contributed by atoms with Crippen molar-refractivity contribution in [3.8, 4) is 11.3 Å². The maximum absolute atomic E-state index is 13.6. The number of halogens is 1. The van der Waals surface area contributed by atoms with E-state index in [-0.39, 0.29) is 17.5 Å². The fourth-order valence-corrected chi connectivity index (χ4v) is 1.93. The number of carbonyl (C=O) groups is 1. The summed E-state index contributed by atoms with van der Waals surface area (Å²) >= 11 is 0. The van der Waals surface area contributed by atoms with Crippen molar-refractivity contribution in [2.45, 2.75) is 6.42 Å². The Morgan fingerprint density at radius 2 is 1.94 bits per heavy atom. The molecular weight excluding hydrogens is 233 g/mol. The molecule has 2 heterocycles. The van der Waals surface area contributed by atoms with Gasteiger partial charge in [0, 0.05) is 13.1 Å². The van der Waals surface area contributed by atoms with Crippen LogP contribution in [0.3, 0.4) is 0 Å². The molecule has 92 valence electrons. The molecule has 0 spiro atoms. The molecule has 4 heteroatoms. The van der Waals surface area contributed by atoms with Gasteiger partial charge in [-0.3, -0.25) is 4.79 Å². The lowest BCUT2D eigenvalue weighted by Crippen LogP contribution is -2.41. The quantitative estimate of drug-likeness (QED) is 0.815. The van der Waals surface area contributed by atoms with Crippen molar-refractivity contribution in [3.63, 3.8) is 0 Å². The van der Waals surface area contributed by atoms with E-state index in [1.165, 1.54) is 6.07 Å². The monoisotopic (exact) mass is 245 g/mol. The Bertz CT molecular complexity index is 587. The van der Waals surface area contributed by atoms with Crippen LogP contribution in [0.1, 0.15) is 17.0 Å². The summed E-state index contributed by atoms with van der Waals surface area (Å²) in [5.74, 6) is 0.184. The van der Waals surface area contributed by atoms with Crippen molar-refractivity contribution in [2.24, 2.45) is 0 Å². The van der Waals surface area contributed by atoms with Crippen LogP contribution in [0.4, 0.5) is 4.39 Å². The van der Waals surface area contributed by atoms with Crippen LogP contribution in [-0.2, 0) is 0 Å². The summed E-state index contributed by atoms with van der Waals surface area (Å²) in [6.07, 6.45) is 1.03. The first kappa shape index (κ1) is 11.0. The van der Waals surface area contributed by atoms with Gasteiger partial charge in [-0.2, -0.15) is 0 Å². The third kappa shape index (κ3) is 1.79. The van der Waals surface area contributed by atoms with Crippen molar-refractivity contribution in [2.75, 3.05) is 13.1 Å². The maximum atomic E-state index is 13.6.